The number of benzene rings is 2. The van der Waals surface area contributed by atoms with Crippen molar-refractivity contribution in [1.82, 2.24) is 14.5 Å². The van der Waals surface area contributed by atoms with Crippen LogP contribution in [0, 0.1) is 18.3 Å². The minimum atomic E-state index is -0.750. The van der Waals surface area contributed by atoms with E-state index in [4.69, 9.17) is 15.7 Å². The second-order valence-electron chi connectivity index (χ2n) is 8.98. The van der Waals surface area contributed by atoms with Crippen molar-refractivity contribution >= 4 is 11.8 Å². The summed E-state index contributed by atoms with van der Waals surface area (Å²) in [5, 5.41) is 12.6. The first-order valence-corrected chi connectivity index (χ1v) is 11.4. The van der Waals surface area contributed by atoms with E-state index in [0.717, 1.165) is 49.4 Å². The lowest BCUT2D eigenvalue weighted by Gasteiger charge is -2.42. The van der Waals surface area contributed by atoms with Crippen molar-refractivity contribution in [2.24, 2.45) is 5.73 Å². The highest BCUT2D eigenvalue weighted by Crippen LogP contribution is 2.29. The highest BCUT2D eigenvalue weighted by Gasteiger charge is 2.36. The molecule has 1 fully saturated rings. The van der Waals surface area contributed by atoms with Crippen molar-refractivity contribution in [3.05, 3.63) is 83.4 Å². The van der Waals surface area contributed by atoms with E-state index in [1.165, 1.54) is 5.56 Å². The molecule has 0 spiro atoms. The third-order valence-electron chi connectivity index (χ3n) is 6.35. The number of rotatable bonds is 8. The van der Waals surface area contributed by atoms with Crippen LogP contribution in [0.3, 0.4) is 0 Å². The van der Waals surface area contributed by atoms with Crippen molar-refractivity contribution in [1.29, 1.82) is 5.26 Å². The molecule has 8 heteroatoms. The molecule has 34 heavy (non-hydrogen) atoms. The quantitative estimate of drug-likeness (QED) is 0.533. The number of hydrogen-bond donors (Lipinski definition) is 2. The first-order chi connectivity index (χ1) is 16.4. The van der Waals surface area contributed by atoms with Crippen LogP contribution in [0.4, 0.5) is 10.5 Å². The fourth-order valence-corrected chi connectivity index (χ4v) is 4.42. The van der Waals surface area contributed by atoms with Crippen LogP contribution >= 0.6 is 0 Å². The molecule has 0 aliphatic carbocycles. The number of piperidine rings is 1. The van der Waals surface area contributed by atoms with Crippen molar-refractivity contribution in [3.63, 3.8) is 0 Å². The first-order valence-electron chi connectivity index (χ1n) is 11.4. The smallest absolute Gasteiger partial charge is 0.404 e. The molecule has 0 atom stereocenters. The molecule has 0 unspecified atom stereocenters. The van der Waals surface area contributed by atoms with E-state index < -0.39 is 6.09 Å². The predicted molar refractivity (Wildman–Crippen MR) is 130 cm³/mol. The topological polar surface area (TPSA) is 109 Å². The van der Waals surface area contributed by atoms with Gasteiger partial charge < -0.3 is 20.4 Å². The Bertz CT molecular complexity index is 1160. The summed E-state index contributed by atoms with van der Waals surface area (Å²) >= 11 is 0. The zero-order valence-electron chi connectivity index (χ0n) is 19.4. The van der Waals surface area contributed by atoms with Crippen LogP contribution < -0.4 is 11.1 Å². The number of ether oxygens (including phenoxy) is 1. The summed E-state index contributed by atoms with van der Waals surface area (Å²) in [5.74, 6) is 0. The Hall–Kier alpha value is -3.83. The van der Waals surface area contributed by atoms with Crippen molar-refractivity contribution in [2.45, 2.75) is 38.4 Å². The molecule has 2 aromatic carbocycles. The van der Waals surface area contributed by atoms with E-state index in [-0.39, 0.29) is 12.1 Å². The number of aromatic nitrogens is 2. The van der Waals surface area contributed by atoms with Crippen LogP contribution in [0.15, 0.2) is 61.1 Å². The van der Waals surface area contributed by atoms with Gasteiger partial charge in [-0.2, -0.15) is 5.26 Å². The van der Waals surface area contributed by atoms with Gasteiger partial charge in [0, 0.05) is 38.1 Å². The number of imidazole rings is 1. The molecule has 8 nitrogen and oxygen atoms in total. The summed E-state index contributed by atoms with van der Waals surface area (Å²) in [6.45, 7) is 5.49. The Morgan fingerprint density at radius 3 is 2.65 bits per heavy atom. The predicted octanol–water partition coefficient (Wildman–Crippen LogP) is 3.65. The van der Waals surface area contributed by atoms with Gasteiger partial charge in [-0.15, -0.1) is 0 Å². The van der Waals surface area contributed by atoms with Crippen LogP contribution in [-0.4, -0.2) is 45.8 Å². The number of nitriles is 1. The molecule has 1 amide bonds. The number of amides is 1. The Balaban J connectivity index is 1.40. The molecule has 1 aliphatic rings. The molecule has 0 radical (unpaired) electrons. The van der Waals surface area contributed by atoms with Gasteiger partial charge in [0.1, 0.15) is 6.61 Å². The van der Waals surface area contributed by atoms with E-state index in [1.54, 1.807) is 0 Å². The standard InChI is InChI=1S/C26H30N6O2/c1-20-3-2-4-23(13-20)30-26(18-34-25(28)33)9-11-31(12-10-26)17-24-15-29-19-32(24)16-22-7-5-21(14-27)6-8-22/h2-8,13,15,19,30H,9-12,16-18H2,1H3,(H2,28,33). The van der Waals surface area contributed by atoms with Gasteiger partial charge in [0.2, 0.25) is 0 Å². The number of nitrogens with one attached hydrogen (secondary N) is 1. The lowest BCUT2D eigenvalue weighted by Crippen LogP contribution is -2.52. The normalized spacial score (nSPS) is 15.4. The molecule has 3 aromatic rings. The number of carbonyl (C=O) groups excluding carboxylic acids is 1. The lowest BCUT2D eigenvalue weighted by molar-refractivity contribution is 0.0902. The van der Waals surface area contributed by atoms with E-state index in [2.05, 4.69) is 44.9 Å². The zero-order valence-corrected chi connectivity index (χ0v) is 19.4. The molecule has 3 N–H and O–H groups in total. The largest absolute Gasteiger partial charge is 0.447 e. The lowest BCUT2D eigenvalue weighted by atomic mass is 9.87. The number of carbonyl (C=O) groups is 1. The number of hydrogen-bond acceptors (Lipinski definition) is 6. The van der Waals surface area contributed by atoms with Crippen LogP contribution in [0.2, 0.25) is 0 Å². The summed E-state index contributed by atoms with van der Waals surface area (Å²) in [6, 6.07) is 18.0. The minimum Gasteiger partial charge on any atom is -0.447 e. The maximum Gasteiger partial charge on any atom is 0.404 e. The third-order valence-corrected chi connectivity index (χ3v) is 6.35. The van der Waals surface area contributed by atoms with E-state index in [0.29, 0.717) is 12.1 Å². The van der Waals surface area contributed by atoms with Gasteiger partial charge in [-0.25, -0.2) is 9.78 Å². The zero-order chi connectivity index (χ0) is 24.0. The van der Waals surface area contributed by atoms with Crippen LogP contribution in [0.25, 0.3) is 0 Å². The Kier molecular flexibility index (Phi) is 7.14. The summed E-state index contributed by atoms with van der Waals surface area (Å²) in [4.78, 5) is 18.1. The van der Waals surface area contributed by atoms with Gasteiger partial charge in [-0.1, -0.05) is 24.3 Å². The highest BCUT2D eigenvalue weighted by atomic mass is 16.5. The molecule has 176 valence electrons. The Morgan fingerprint density at radius 2 is 1.97 bits per heavy atom. The number of likely N-dealkylation sites (tertiary alicyclic amines) is 1. The summed E-state index contributed by atoms with van der Waals surface area (Å²) in [7, 11) is 0. The number of nitrogens with two attached hydrogens (primary N) is 1. The molecule has 2 heterocycles. The second kappa shape index (κ2) is 10.4. The van der Waals surface area contributed by atoms with E-state index in [1.807, 2.05) is 48.9 Å². The molecule has 0 saturated carbocycles. The maximum atomic E-state index is 11.3. The molecule has 1 saturated heterocycles. The SMILES string of the molecule is Cc1cccc(NC2(COC(N)=O)CCN(Cc3cncn3Cc3ccc(C#N)cc3)CC2)c1. The average Bonchev–Trinajstić information content (AvgIpc) is 3.26. The van der Waals surface area contributed by atoms with Gasteiger partial charge in [0.05, 0.1) is 29.2 Å². The van der Waals surface area contributed by atoms with Crippen molar-refractivity contribution < 1.29 is 9.53 Å². The maximum absolute atomic E-state index is 11.3. The second-order valence-corrected chi connectivity index (χ2v) is 8.98. The van der Waals surface area contributed by atoms with E-state index in [9.17, 15) is 4.79 Å². The molecule has 4 rings (SSSR count). The fraction of sp³-hybridized carbons (Fsp3) is 0.346. The Labute approximate surface area is 200 Å². The van der Waals surface area contributed by atoms with Crippen LogP contribution in [0.1, 0.15) is 35.2 Å². The van der Waals surface area contributed by atoms with Gasteiger partial charge in [-0.3, -0.25) is 4.90 Å². The first kappa shape index (κ1) is 23.3. The van der Waals surface area contributed by atoms with Crippen molar-refractivity contribution in [2.75, 3.05) is 25.0 Å². The van der Waals surface area contributed by atoms with E-state index >= 15 is 0 Å². The monoisotopic (exact) mass is 458 g/mol. The van der Waals surface area contributed by atoms with Gasteiger partial charge >= 0.3 is 6.09 Å². The summed E-state index contributed by atoms with van der Waals surface area (Å²) in [6.07, 6.45) is 4.64. The van der Waals surface area contributed by atoms with Gasteiger partial charge in [0.15, 0.2) is 0 Å². The fourth-order valence-electron chi connectivity index (χ4n) is 4.42. The van der Waals surface area contributed by atoms with Gasteiger partial charge in [0.25, 0.3) is 0 Å². The molecule has 1 aliphatic heterocycles. The Morgan fingerprint density at radius 1 is 1.21 bits per heavy atom. The molecular weight excluding hydrogens is 428 g/mol. The number of nitrogens with zero attached hydrogens (tertiary/aromatic N) is 4. The molecule has 0 bridgehead atoms. The number of primary amides is 1. The molecular formula is C26H30N6O2. The average molecular weight is 459 g/mol. The summed E-state index contributed by atoms with van der Waals surface area (Å²) < 4.78 is 7.40. The van der Waals surface area contributed by atoms with Crippen molar-refractivity contribution in [3.8, 4) is 6.07 Å². The van der Waals surface area contributed by atoms with Crippen LogP contribution in [0.5, 0.6) is 0 Å². The van der Waals surface area contributed by atoms with Gasteiger partial charge in [-0.05, 0) is 55.2 Å². The van der Waals surface area contributed by atoms with Crippen LogP contribution in [-0.2, 0) is 17.8 Å². The highest BCUT2D eigenvalue weighted by molar-refractivity contribution is 5.64. The summed E-state index contributed by atoms with van der Waals surface area (Å²) in [5.41, 5.74) is 10.0. The molecule has 1 aromatic heterocycles. The number of aryl methyl sites for hydroxylation is 1. The number of anilines is 1. The third kappa shape index (κ3) is 5.94. The minimum absolute atomic E-state index is 0.237.